The Morgan fingerprint density at radius 3 is 2.71 bits per heavy atom. The predicted octanol–water partition coefficient (Wildman–Crippen LogP) is 3.95. The van der Waals surface area contributed by atoms with Gasteiger partial charge in [-0.2, -0.15) is 13.2 Å². The molecule has 1 N–H and O–H groups in total. The van der Waals surface area contributed by atoms with Gasteiger partial charge in [-0.05, 0) is 25.5 Å². The molecule has 2 atom stereocenters. The summed E-state index contributed by atoms with van der Waals surface area (Å²) in [7, 11) is 0. The highest BCUT2D eigenvalue weighted by Crippen LogP contribution is 2.29. The Labute approximate surface area is 165 Å². The third-order valence-electron chi connectivity index (χ3n) is 4.30. The maximum Gasteiger partial charge on any atom is 0.416 e. The fourth-order valence-electron chi connectivity index (χ4n) is 3.29. The van der Waals surface area contributed by atoms with E-state index in [0.29, 0.717) is 17.2 Å². The average Bonchev–Trinajstić information content (AvgIpc) is 3.00. The van der Waals surface area contributed by atoms with E-state index in [-0.39, 0.29) is 18.6 Å². The zero-order valence-electron chi connectivity index (χ0n) is 15.6. The van der Waals surface area contributed by atoms with Crippen molar-refractivity contribution < 1.29 is 22.7 Å². The highest BCUT2D eigenvalue weighted by Gasteiger charge is 2.30. The third-order valence-corrected chi connectivity index (χ3v) is 5.10. The molecular formula is C19H22F3N3O2S. The second-order valence-corrected chi connectivity index (χ2v) is 7.88. The van der Waals surface area contributed by atoms with Crippen LogP contribution in [0.2, 0.25) is 0 Å². The highest BCUT2D eigenvalue weighted by atomic mass is 32.1. The number of rotatable bonds is 5. The molecule has 5 nitrogen and oxygen atoms in total. The zero-order valence-corrected chi connectivity index (χ0v) is 16.4. The van der Waals surface area contributed by atoms with Crippen molar-refractivity contribution in [3.63, 3.8) is 0 Å². The van der Waals surface area contributed by atoms with Crippen LogP contribution in [0, 0.1) is 0 Å². The predicted molar refractivity (Wildman–Crippen MR) is 101 cm³/mol. The summed E-state index contributed by atoms with van der Waals surface area (Å²) in [6.45, 7) is 6.36. The van der Waals surface area contributed by atoms with E-state index < -0.39 is 17.6 Å². The quantitative estimate of drug-likeness (QED) is 0.807. The van der Waals surface area contributed by atoms with Gasteiger partial charge in [-0.1, -0.05) is 18.2 Å². The van der Waals surface area contributed by atoms with E-state index in [1.165, 1.54) is 23.5 Å². The van der Waals surface area contributed by atoms with Crippen molar-refractivity contribution in [1.29, 1.82) is 0 Å². The number of hydrogen-bond acceptors (Lipinski definition) is 5. The first-order chi connectivity index (χ1) is 13.2. The number of anilines is 1. The molecule has 1 aliphatic rings. The fourth-order valence-corrected chi connectivity index (χ4v) is 4.00. The molecule has 1 aromatic carbocycles. The van der Waals surface area contributed by atoms with Gasteiger partial charge < -0.3 is 10.1 Å². The first-order valence-corrected chi connectivity index (χ1v) is 9.85. The van der Waals surface area contributed by atoms with Gasteiger partial charge in [0.25, 0.3) is 0 Å². The summed E-state index contributed by atoms with van der Waals surface area (Å²) in [4.78, 5) is 18.8. The summed E-state index contributed by atoms with van der Waals surface area (Å²) in [5, 5.41) is 4.99. The van der Waals surface area contributed by atoms with Crippen molar-refractivity contribution in [3.05, 3.63) is 46.5 Å². The minimum atomic E-state index is -4.43. The Balaban J connectivity index is 1.55. The van der Waals surface area contributed by atoms with Crippen molar-refractivity contribution in [2.24, 2.45) is 0 Å². The fraction of sp³-hybridized carbons (Fsp3) is 0.474. The van der Waals surface area contributed by atoms with Gasteiger partial charge in [0.15, 0.2) is 5.13 Å². The first-order valence-electron chi connectivity index (χ1n) is 8.97. The number of nitrogens with one attached hydrogen (secondary N) is 1. The normalized spacial score (nSPS) is 20.9. The standard InChI is InChI=1S/C19H22F3N3O2S/c1-12-8-25(9-13(2)27-12)10-16-11-28-18(23-16)24-17(26)7-14-4-3-5-15(6-14)19(20,21)22/h3-6,11-13H,7-10H2,1-2H3,(H,23,24,26)/t12-,13-/m0/s1. The minimum absolute atomic E-state index is 0.142. The monoisotopic (exact) mass is 413 g/mol. The summed E-state index contributed by atoms with van der Waals surface area (Å²) < 4.78 is 44.0. The number of halogens is 3. The van der Waals surface area contributed by atoms with Gasteiger partial charge >= 0.3 is 6.18 Å². The molecule has 2 heterocycles. The van der Waals surface area contributed by atoms with Crippen LogP contribution in [0.3, 0.4) is 0 Å². The van der Waals surface area contributed by atoms with Crippen molar-refractivity contribution in [2.45, 2.75) is 45.2 Å². The number of carbonyl (C=O) groups is 1. The molecule has 9 heteroatoms. The van der Waals surface area contributed by atoms with Crippen LogP contribution in [-0.2, 0) is 28.7 Å². The largest absolute Gasteiger partial charge is 0.416 e. The molecular weight excluding hydrogens is 391 g/mol. The molecule has 0 aliphatic carbocycles. The van der Waals surface area contributed by atoms with Crippen LogP contribution in [0.1, 0.15) is 30.7 Å². The summed E-state index contributed by atoms with van der Waals surface area (Å²) in [6, 6.07) is 4.79. The lowest BCUT2D eigenvalue weighted by Gasteiger charge is -2.34. The Morgan fingerprint density at radius 1 is 1.32 bits per heavy atom. The Bertz CT molecular complexity index is 815. The summed E-state index contributed by atoms with van der Waals surface area (Å²) >= 11 is 1.31. The molecule has 0 spiro atoms. The molecule has 0 unspecified atom stereocenters. The van der Waals surface area contributed by atoms with Crippen LogP contribution in [0.15, 0.2) is 29.6 Å². The summed E-state index contributed by atoms with van der Waals surface area (Å²) in [5.74, 6) is -0.395. The van der Waals surface area contributed by atoms with E-state index in [2.05, 4.69) is 15.2 Å². The SMILES string of the molecule is C[C@H]1CN(Cc2csc(NC(=O)Cc3cccc(C(F)(F)F)c3)n2)C[C@H](C)O1. The molecule has 1 amide bonds. The maximum absolute atomic E-state index is 12.8. The van der Waals surface area contributed by atoms with E-state index in [9.17, 15) is 18.0 Å². The lowest BCUT2D eigenvalue weighted by atomic mass is 10.1. The van der Waals surface area contributed by atoms with Gasteiger partial charge in [-0.3, -0.25) is 9.69 Å². The summed E-state index contributed by atoms with van der Waals surface area (Å²) in [6.07, 6.45) is -4.24. The molecule has 0 bridgehead atoms. The Hall–Kier alpha value is -1.97. The third kappa shape index (κ3) is 5.76. The van der Waals surface area contributed by atoms with Gasteiger partial charge in [-0.15, -0.1) is 11.3 Å². The number of nitrogens with zero attached hydrogens (tertiary/aromatic N) is 2. The molecule has 3 rings (SSSR count). The smallest absolute Gasteiger partial charge is 0.373 e. The number of amides is 1. The van der Waals surface area contributed by atoms with Crippen LogP contribution in [0.5, 0.6) is 0 Å². The minimum Gasteiger partial charge on any atom is -0.373 e. The van der Waals surface area contributed by atoms with Crippen molar-refractivity contribution in [2.75, 3.05) is 18.4 Å². The number of carbonyl (C=O) groups excluding carboxylic acids is 1. The van der Waals surface area contributed by atoms with E-state index in [1.807, 2.05) is 19.2 Å². The van der Waals surface area contributed by atoms with Crippen LogP contribution < -0.4 is 5.32 Å². The molecule has 0 saturated carbocycles. The molecule has 2 aromatic rings. The second-order valence-electron chi connectivity index (χ2n) is 7.02. The van der Waals surface area contributed by atoms with Gasteiger partial charge in [0.1, 0.15) is 0 Å². The number of aromatic nitrogens is 1. The number of morpholine rings is 1. The molecule has 1 aromatic heterocycles. The first kappa shape index (κ1) is 20.8. The average molecular weight is 413 g/mol. The Morgan fingerprint density at radius 2 is 2.04 bits per heavy atom. The Kier molecular flexibility index (Phi) is 6.36. The highest BCUT2D eigenvalue weighted by molar-refractivity contribution is 7.13. The van der Waals surface area contributed by atoms with Crippen LogP contribution in [-0.4, -0.2) is 41.1 Å². The lowest BCUT2D eigenvalue weighted by molar-refractivity contribution is -0.137. The number of thiazole rings is 1. The van der Waals surface area contributed by atoms with Crippen LogP contribution in [0.25, 0.3) is 0 Å². The van der Waals surface area contributed by atoms with E-state index in [1.54, 1.807) is 0 Å². The van der Waals surface area contributed by atoms with Crippen LogP contribution in [0.4, 0.5) is 18.3 Å². The summed E-state index contributed by atoms with van der Waals surface area (Å²) in [5.41, 5.74) is 0.393. The zero-order chi connectivity index (χ0) is 20.3. The second kappa shape index (κ2) is 8.59. The molecule has 0 radical (unpaired) electrons. The molecule has 1 saturated heterocycles. The van der Waals surface area contributed by atoms with Gasteiger partial charge in [0, 0.05) is 25.0 Å². The van der Waals surface area contributed by atoms with Gasteiger partial charge in [0.2, 0.25) is 5.91 Å². The topological polar surface area (TPSA) is 54.5 Å². The van der Waals surface area contributed by atoms with E-state index in [0.717, 1.165) is 30.9 Å². The molecule has 152 valence electrons. The number of benzene rings is 1. The molecule has 1 fully saturated rings. The van der Waals surface area contributed by atoms with Crippen molar-refractivity contribution >= 4 is 22.4 Å². The van der Waals surface area contributed by atoms with Crippen molar-refractivity contribution in [1.82, 2.24) is 9.88 Å². The van der Waals surface area contributed by atoms with Crippen LogP contribution >= 0.6 is 11.3 Å². The molecule has 28 heavy (non-hydrogen) atoms. The van der Waals surface area contributed by atoms with E-state index in [4.69, 9.17) is 4.74 Å². The number of hydrogen-bond donors (Lipinski definition) is 1. The molecule has 1 aliphatic heterocycles. The number of ether oxygens (including phenoxy) is 1. The number of alkyl halides is 3. The van der Waals surface area contributed by atoms with E-state index >= 15 is 0 Å². The maximum atomic E-state index is 12.8. The van der Waals surface area contributed by atoms with Gasteiger partial charge in [-0.25, -0.2) is 4.98 Å². The lowest BCUT2D eigenvalue weighted by Crippen LogP contribution is -2.44. The van der Waals surface area contributed by atoms with Crippen molar-refractivity contribution in [3.8, 4) is 0 Å². The van der Waals surface area contributed by atoms with Gasteiger partial charge in [0.05, 0.1) is 29.9 Å².